The Balaban J connectivity index is 1.95. The maximum atomic E-state index is 12.7. The zero-order valence-electron chi connectivity index (χ0n) is 16.9. The number of esters is 1. The van der Waals surface area contributed by atoms with Crippen LogP contribution in [0.1, 0.15) is 23.6 Å². The number of hydrogen-bond donors (Lipinski definition) is 1. The van der Waals surface area contributed by atoms with E-state index in [9.17, 15) is 18.4 Å². The molecule has 1 atom stereocenters. The van der Waals surface area contributed by atoms with Crippen molar-refractivity contribution in [3.63, 3.8) is 0 Å². The van der Waals surface area contributed by atoms with Crippen molar-refractivity contribution in [1.82, 2.24) is 5.32 Å². The summed E-state index contributed by atoms with van der Waals surface area (Å²) in [5, 5.41) is 2.68. The Bertz CT molecular complexity index is 897. The monoisotopic (exact) mass is 419 g/mol. The number of aryl methyl sites for hydroxylation is 1. The lowest BCUT2D eigenvalue weighted by atomic mass is 10.1. The van der Waals surface area contributed by atoms with Gasteiger partial charge < -0.3 is 19.5 Å². The molecule has 0 aliphatic heterocycles. The highest BCUT2D eigenvalue weighted by Crippen LogP contribution is 2.33. The maximum Gasteiger partial charge on any atom is 0.387 e. The van der Waals surface area contributed by atoms with Crippen LogP contribution in [0.2, 0.25) is 0 Å². The van der Waals surface area contributed by atoms with E-state index in [0.717, 1.165) is 17.2 Å². The lowest BCUT2D eigenvalue weighted by Gasteiger charge is -2.13. The molecule has 0 aliphatic carbocycles. The Morgan fingerprint density at radius 2 is 1.83 bits per heavy atom. The third kappa shape index (κ3) is 6.88. The van der Waals surface area contributed by atoms with E-state index < -0.39 is 24.6 Å². The Hall–Kier alpha value is -3.42. The van der Waals surface area contributed by atoms with E-state index in [0.29, 0.717) is 6.54 Å². The Morgan fingerprint density at radius 3 is 2.47 bits per heavy atom. The van der Waals surface area contributed by atoms with Crippen molar-refractivity contribution >= 4 is 18.0 Å². The Morgan fingerprint density at radius 1 is 1.13 bits per heavy atom. The van der Waals surface area contributed by atoms with E-state index in [4.69, 9.17) is 9.47 Å². The minimum absolute atomic E-state index is 0.0923. The lowest BCUT2D eigenvalue weighted by Crippen LogP contribution is -2.35. The molecule has 0 bridgehead atoms. The van der Waals surface area contributed by atoms with E-state index in [1.165, 1.54) is 32.2 Å². The quantitative estimate of drug-likeness (QED) is 0.494. The van der Waals surface area contributed by atoms with Crippen molar-refractivity contribution in [3.05, 3.63) is 65.2 Å². The summed E-state index contributed by atoms with van der Waals surface area (Å²) in [6.45, 7) is 0.644. The molecule has 2 aromatic carbocycles. The van der Waals surface area contributed by atoms with Crippen molar-refractivity contribution in [2.75, 3.05) is 7.11 Å². The summed E-state index contributed by atoms with van der Waals surface area (Å²) >= 11 is 0. The molecule has 6 nitrogen and oxygen atoms in total. The molecule has 0 radical (unpaired) electrons. The first-order chi connectivity index (χ1) is 14.3. The number of ether oxygens (including phenoxy) is 3. The second-order valence-electron chi connectivity index (χ2n) is 6.37. The van der Waals surface area contributed by atoms with E-state index in [1.807, 2.05) is 31.2 Å². The van der Waals surface area contributed by atoms with Crippen LogP contribution in [0, 0.1) is 6.92 Å². The fraction of sp³-hybridized carbons (Fsp3) is 0.273. The van der Waals surface area contributed by atoms with Gasteiger partial charge in [0.05, 0.1) is 7.11 Å². The van der Waals surface area contributed by atoms with Gasteiger partial charge in [-0.1, -0.05) is 42.0 Å². The van der Waals surface area contributed by atoms with Crippen molar-refractivity contribution in [2.45, 2.75) is 33.1 Å². The second-order valence-corrected chi connectivity index (χ2v) is 6.37. The summed E-state index contributed by atoms with van der Waals surface area (Å²) in [5.74, 6) is -1.38. The third-order valence-corrected chi connectivity index (χ3v) is 4.08. The number of carbonyl (C=O) groups excluding carboxylic acids is 2. The van der Waals surface area contributed by atoms with Gasteiger partial charge in [0.1, 0.15) is 0 Å². The largest absolute Gasteiger partial charge is 0.493 e. The second kappa shape index (κ2) is 10.9. The fourth-order valence-corrected chi connectivity index (χ4v) is 2.50. The van der Waals surface area contributed by atoms with Crippen molar-refractivity contribution in [2.24, 2.45) is 0 Å². The number of benzene rings is 2. The molecule has 1 N–H and O–H groups in total. The summed E-state index contributed by atoms with van der Waals surface area (Å²) < 4.78 is 39.8. The number of halogens is 2. The molecule has 0 aromatic heterocycles. The van der Waals surface area contributed by atoms with Crippen LogP contribution in [0.15, 0.2) is 48.5 Å². The number of carbonyl (C=O) groups is 2. The van der Waals surface area contributed by atoms with E-state index >= 15 is 0 Å². The first-order valence-corrected chi connectivity index (χ1v) is 9.14. The SMILES string of the molecule is COc1cccc(/C=C/C(=O)O[C@H](C)C(=O)NCc2ccc(C)cc2)c1OC(F)F. The first kappa shape index (κ1) is 22.9. The van der Waals surface area contributed by atoms with Gasteiger partial charge in [-0.25, -0.2) is 4.79 Å². The van der Waals surface area contributed by atoms with Gasteiger partial charge in [-0.05, 0) is 31.6 Å². The van der Waals surface area contributed by atoms with Crippen molar-refractivity contribution < 1.29 is 32.6 Å². The van der Waals surface area contributed by atoms with E-state index in [1.54, 1.807) is 6.07 Å². The van der Waals surface area contributed by atoms with Gasteiger partial charge in [0, 0.05) is 18.2 Å². The average molecular weight is 419 g/mol. The van der Waals surface area contributed by atoms with E-state index in [2.05, 4.69) is 10.1 Å². The summed E-state index contributed by atoms with van der Waals surface area (Å²) in [7, 11) is 1.31. The van der Waals surface area contributed by atoms with Crippen LogP contribution in [0.3, 0.4) is 0 Å². The van der Waals surface area contributed by atoms with Crippen LogP contribution in [-0.4, -0.2) is 31.7 Å². The van der Waals surface area contributed by atoms with Crippen molar-refractivity contribution in [1.29, 1.82) is 0 Å². The van der Waals surface area contributed by atoms with Gasteiger partial charge in [-0.2, -0.15) is 8.78 Å². The van der Waals surface area contributed by atoms with Crippen molar-refractivity contribution in [3.8, 4) is 11.5 Å². The zero-order valence-corrected chi connectivity index (χ0v) is 16.9. The zero-order chi connectivity index (χ0) is 22.1. The van der Waals surface area contributed by atoms with Crippen LogP contribution in [0.5, 0.6) is 11.5 Å². The topological polar surface area (TPSA) is 73.9 Å². The van der Waals surface area contributed by atoms with E-state index in [-0.39, 0.29) is 17.1 Å². The van der Waals surface area contributed by atoms with Crippen LogP contribution in [0.4, 0.5) is 8.78 Å². The molecular weight excluding hydrogens is 396 g/mol. The molecule has 160 valence electrons. The molecule has 0 fully saturated rings. The van der Waals surface area contributed by atoms with Crippen LogP contribution in [0.25, 0.3) is 6.08 Å². The molecule has 1 amide bonds. The fourth-order valence-electron chi connectivity index (χ4n) is 2.50. The van der Waals surface area contributed by atoms with Gasteiger partial charge in [0.15, 0.2) is 17.6 Å². The van der Waals surface area contributed by atoms with Gasteiger partial charge >= 0.3 is 12.6 Å². The maximum absolute atomic E-state index is 12.7. The summed E-state index contributed by atoms with van der Waals surface area (Å²) in [4.78, 5) is 24.1. The summed E-state index contributed by atoms with van der Waals surface area (Å²) in [6, 6.07) is 12.1. The Labute approximate surface area is 173 Å². The number of hydrogen-bond acceptors (Lipinski definition) is 5. The van der Waals surface area contributed by atoms with Gasteiger partial charge in [-0.15, -0.1) is 0 Å². The average Bonchev–Trinajstić information content (AvgIpc) is 2.71. The van der Waals surface area contributed by atoms with Gasteiger partial charge in [0.25, 0.3) is 5.91 Å². The normalized spacial score (nSPS) is 11.9. The van der Waals surface area contributed by atoms with Crippen LogP contribution < -0.4 is 14.8 Å². The van der Waals surface area contributed by atoms with Crippen LogP contribution in [-0.2, 0) is 20.9 Å². The number of rotatable bonds is 9. The Kier molecular flexibility index (Phi) is 8.34. The number of methoxy groups -OCH3 is 1. The molecule has 0 unspecified atom stereocenters. The predicted molar refractivity (Wildman–Crippen MR) is 107 cm³/mol. The standard InChI is InChI=1S/C22H23F2NO5/c1-14-7-9-16(10-8-14)13-25-21(27)15(2)29-19(26)12-11-17-5-4-6-18(28-3)20(17)30-22(23)24/h4-12,15,22H,13H2,1-3H3,(H,25,27)/b12-11+/t15-/m1/s1. The minimum atomic E-state index is -3.06. The molecule has 30 heavy (non-hydrogen) atoms. The highest BCUT2D eigenvalue weighted by molar-refractivity contribution is 5.90. The smallest absolute Gasteiger partial charge is 0.387 e. The molecule has 2 rings (SSSR count). The predicted octanol–water partition coefficient (Wildman–Crippen LogP) is 3.87. The summed E-state index contributed by atoms with van der Waals surface area (Å²) in [5.41, 5.74) is 2.22. The molecule has 0 spiro atoms. The molecule has 2 aromatic rings. The lowest BCUT2D eigenvalue weighted by molar-refractivity contribution is -0.150. The highest BCUT2D eigenvalue weighted by atomic mass is 19.3. The third-order valence-electron chi connectivity index (χ3n) is 4.08. The molecule has 0 saturated heterocycles. The molecule has 0 saturated carbocycles. The number of amides is 1. The molecule has 0 heterocycles. The van der Waals surface area contributed by atoms with Gasteiger partial charge in [0.2, 0.25) is 0 Å². The summed E-state index contributed by atoms with van der Waals surface area (Å²) in [6.07, 6.45) is 1.24. The number of alkyl halides is 2. The molecule has 8 heteroatoms. The van der Waals surface area contributed by atoms with Gasteiger partial charge in [-0.3, -0.25) is 4.79 Å². The number of para-hydroxylation sites is 1. The minimum Gasteiger partial charge on any atom is -0.493 e. The van der Waals surface area contributed by atoms with Crippen LogP contribution >= 0.6 is 0 Å². The molecule has 0 aliphatic rings. The highest BCUT2D eigenvalue weighted by Gasteiger charge is 2.17. The molecular formula is C22H23F2NO5. The number of nitrogens with one attached hydrogen (secondary N) is 1. The first-order valence-electron chi connectivity index (χ1n) is 9.14.